The van der Waals surface area contributed by atoms with Crippen molar-refractivity contribution in [3.05, 3.63) is 30.7 Å². The monoisotopic (exact) mass is 219 g/mol. The highest BCUT2D eigenvalue weighted by Gasteiger charge is 2.04. The Kier molecular flexibility index (Phi) is 2.81. The number of hydrogen-bond acceptors (Lipinski definition) is 5. The van der Waals surface area contributed by atoms with Crippen molar-refractivity contribution in [1.82, 2.24) is 10.1 Å². The van der Waals surface area contributed by atoms with Crippen LogP contribution in [0.15, 0.2) is 35.2 Å². The molecule has 16 heavy (non-hydrogen) atoms. The van der Waals surface area contributed by atoms with Crippen molar-refractivity contribution >= 4 is 11.8 Å². The Morgan fingerprint density at radius 3 is 2.69 bits per heavy atom. The number of benzene rings is 1. The summed E-state index contributed by atoms with van der Waals surface area (Å²) in [7, 11) is 1.31. The van der Waals surface area contributed by atoms with Crippen molar-refractivity contribution in [2.45, 2.75) is 0 Å². The molecule has 1 aromatic heterocycles. The third kappa shape index (κ3) is 2.17. The summed E-state index contributed by atoms with van der Waals surface area (Å²) < 4.78 is 9.10. The lowest BCUT2D eigenvalue weighted by atomic mass is 10.2. The summed E-state index contributed by atoms with van der Waals surface area (Å²) in [5.74, 6) is 0.504. The molecule has 0 aliphatic carbocycles. The maximum atomic E-state index is 10.9. The summed E-state index contributed by atoms with van der Waals surface area (Å²) >= 11 is 0. The van der Waals surface area contributed by atoms with Crippen molar-refractivity contribution in [1.29, 1.82) is 0 Å². The molecule has 6 heteroatoms. The number of aromatic nitrogens is 2. The standard InChI is InChI=1S/C10H9N3O3/c1-15-10(14)12-8-4-2-7(3-5-8)9-11-6-16-13-9/h2-6H,1H3,(H,12,14). The van der Waals surface area contributed by atoms with Crippen LogP contribution in [-0.2, 0) is 4.74 Å². The average molecular weight is 219 g/mol. The molecular weight excluding hydrogens is 210 g/mol. The predicted molar refractivity (Wildman–Crippen MR) is 55.8 cm³/mol. The molecule has 1 aromatic carbocycles. The average Bonchev–Trinajstić information content (AvgIpc) is 2.83. The third-order valence-electron chi connectivity index (χ3n) is 1.94. The summed E-state index contributed by atoms with van der Waals surface area (Å²) in [6.07, 6.45) is 0.753. The van der Waals surface area contributed by atoms with E-state index in [1.807, 2.05) is 0 Å². The smallest absolute Gasteiger partial charge is 0.411 e. The lowest BCUT2D eigenvalue weighted by Crippen LogP contribution is -2.10. The number of carbonyl (C=O) groups excluding carboxylic acids is 1. The second-order valence-corrected chi connectivity index (χ2v) is 2.95. The molecule has 0 aliphatic rings. The van der Waals surface area contributed by atoms with Crippen LogP contribution in [0, 0.1) is 0 Å². The second kappa shape index (κ2) is 4.43. The zero-order valence-corrected chi connectivity index (χ0v) is 8.51. The van der Waals surface area contributed by atoms with Crippen LogP contribution in [-0.4, -0.2) is 23.3 Å². The van der Waals surface area contributed by atoms with E-state index in [0.29, 0.717) is 11.5 Å². The minimum atomic E-state index is -0.507. The number of nitrogens with one attached hydrogen (secondary N) is 1. The van der Waals surface area contributed by atoms with Crippen LogP contribution in [0.25, 0.3) is 11.4 Å². The molecule has 0 fully saturated rings. The molecule has 0 unspecified atom stereocenters. The van der Waals surface area contributed by atoms with Crippen LogP contribution in [0.5, 0.6) is 0 Å². The number of amides is 1. The minimum absolute atomic E-state index is 0.504. The second-order valence-electron chi connectivity index (χ2n) is 2.95. The molecule has 0 atom stereocenters. The number of nitrogens with zero attached hydrogens (tertiary/aromatic N) is 2. The number of carbonyl (C=O) groups is 1. The number of ether oxygens (including phenoxy) is 1. The van der Waals surface area contributed by atoms with Crippen LogP contribution in [0.3, 0.4) is 0 Å². The summed E-state index contributed by atoms with van der Waals surface area (Å²) in [6.45, 7) is 0. The van der Waals surface area contributed by atoms with Gasteiger partial charge in [-0.1, -0.05) is 5.16 Å². The van der Waals surface area contributed by atoms with Gasteiger partial charge in [0.2, 0.25) is 12.2 Å². The van der Waals surface area contributed by atoms with Crippen molar-refractivity contribution in [2.75, 3.05) is 12.4 Å². The zero-order valence-electron chi connectivity index (χ0n) is 8.51. The topological polar surface area (TPSA) is 77.2 Å². The number of methoxy groups -OCH3 is 1. The fourth-order valence-corrected chi connectivity index (χ4v) is 1.17. The van der Waals surface area contributed by atoms with Gasteiger partial charge >= 0.3 is 6.09 Å². The highest BCUT2D eigenvalue weighted by Crippen LogP contribution is 2.17. The van der Waals surface area contributed by atoms with Crippen molar-refractivity contribution in [2.24, 2.45) is 0 Å². The van der Waals surface area contributed by atoms with Gasteiger partial charge in [-0.05, 0) is 24.3 Å². The normalized spacial score (nSPS) is 9.81. The van der Waals surface area contributed by atoms with Gasteiger partial charge < -0.3 is 9.26 Å². The fourth-order valence-electron chi connectivity index (χ4n) is 1.17. The molecular formula is C10H9N3O3. The summed E-state index contributed by atoms with van der Waals surface area (Å²) in [6, 6.07) is 7.00. The van der Waals surface area contributed by atoms with Gasteiger partial charge in [-0.15, -0.1) is 0 Å². The van der Waals surface area contributed by atoms with Crippen molar-refractivity contribution in [3.63, 3.8) is 0 Å². The largest absolute Gasteiger partial charge is 0.453 e. The Balaban J connectivity index is 2.14. The zero-order chi connectivity index (χ0) is 11.4. The Morgan fingerprint density at radius 1 is 1.38 bits per heavy atom. The van der Waals surface area contributed by atoms with E-state index in [1.54, 1.807) is 24.3 Å². The van der Waals surface area contributed by atoms with E-state index in [2.05, 4.69) is 24.7 Å². The van der Waals surface area contributed by atoms with Crippen LogP contribution in [0.2, 0.25) is 0 Å². The van der Waals surface area contributed by atoms with E-state index in [0.717, 1.165) is 5.56 Å². The molecule has 0 radical (unpaired) electrons. The highest BCUT2D eigenvalue weighted by molar-refractivity contribution is 5.84. The van der Waals surface area contributed by atoms with Crippen LogP contribution in [0.4, 0.5) is 10.5 Å². The van der Waals surface area contributed by atoms with Crippen molar-refractivity contribution < 1.29 is 14.1 Å². The first-order valence-corrected chi connectivity index (χ1v) is 4.51. The van der Waals surface area contributed by atoms with E-state index in [1.165, 1.54) is 13.5 Å². The van der Waals surface area contributed by atoms with E-state index in [9.17, 15) is 4.79 Å². The lowest BCUT2D eigenvalue weighted by molar-refractivity contribution is 0.187. The summed E-state index contributed by atoms with van der Waals surface area (Å²) in [5, 5.41) is 6.23. The molecule has 1 amide bonds. The molecule has 0 saturated carbocycles. The molecule has 0 bridgehead atoms. The van der Waals surface area contributed by atoms with E-state index in [-0.39, 0.29) is 0 Å². The van der Waals surface area contributed by atoms with Gasteiger partial charge in [-0.25, -0.2) is 4.79 Å². The molecule has 1 N–H and O–H groups in total. The van der Waals surface area contributed by atoms with E-state index >= 15 is 0 Å². The van der Waals surface area contributed by atoms with Crippen molar-refractivity contribution in [3.8, 4) is 11.4 Å². The first-order chi connectivity index (χ1) is 7.79. The summed E-state index contributed by atoms with van der Waals surface area (Å²) in [4.78, 5) is 14.8. The predicted octanol–water partition coefficient (Wildman–Crippen LogP) is 1.91. The third-order valence-corrected chi connectivity index (χ3v) is 1.94. The highest BCUT2D eigenvalue weighted by atomic mass is 16.5. The molecule has 2 rings (SSSR count). The number of anilines is 1. The number of hydrogen-bond donors (Lipinski definition) is 1. The Labute approximate surface area is 91.2 Å². The molecule has 0 saturated heterocycles. The molecule has 0 spiro atoms. The Bertz CT molecular complexity index is 465. The van der Waals surface area contributed by atoms with Crippen LogP contribution < -0.4 is 5.32 Å². The first-order valence-electron chi connectivity index (χ1n) is 4.51. The molecule has 0 aliphatic heterocycles. The van der Waals surface area contributed by atoms with Gasteiger partial charge in [0, 0.05) is 11.3 Å². The van der Waals surface area contributed by atoms with Gasteiger partial charge in [-0.3, -0.25) is 5.32 Å². The Morgan fingerprint density at radius 2 is 2.12 bits per heavy atom. The number of rotatable bonds is 2. The van der Waals surface area contributed by atoms with Gasteiger partial charge in [0.1, 0.15) is 0 Å². The van der Waals surface area contributed by atoms with Gasteiger partial charge in [0.15, 0.2) is 0 Å². The maximum Gasteiger partial charge on any atom is 0.411 e. The summed E-state index contributed by atoms with van der Waals surface area (Å²) in [5.41, 5.74) is 1.45. The van der Waals surface area contributed by atoms with Crippen LogP contribution in [0.1, 0.15) is 0 Å². The van der Waals surface area contributed by atoms with E-state index < -0.39 is 6.09 Å². The molecule has 1 heterocycles. The Hall–Kier alpha value is -2.37. The fraction of sp³-hybridized carbons (Fsp3) is 0.100. The first kappa shape index (κ1) is 10.2. The SMILES string of the molecule is COC(=O)Nc1ccc(-c2ncon2)cc1. The van der Waals surface area contributed by atoms with Crippen LogP contribution >= 0.6 is 0 Å². The van der Waals surface area contributed by atoms with E-state index in [4.69, 9.17) is 0 Å². The minimum Gasteiger partial charge on any atom is -0.453 e. The molecule has 2 aromatic rings. The van der Waals surface area contributed by atoms with Gasteiger partial charge in [-0.2, -0.15) is 4.98 Å². The van der Waals surface area contributed by atoms with Gasteiger partial charge in [0.25, 0.3) is 0 Å². The quantitative estimate of drug-likeness (QED) is 0.834. The lowest BCUT2D eigenvalue weighted by Gasteiger charge is -2.03. The molecule has 82 valence electrons. The van der Waals surface area contributed by atoms with Gasteiger partial charge in [0.05, 0.1) is 7.11 Å². The molecule has 6 nitrogen and oxygen atoms in total. The maximum absolute atomic E-state index is 10.9.